The number of hydrogen-bond acceptors (Lipinski definition) is 2. The molecule has 0 aliphatic heterocycles. The van der Waals surface area contributed by atoms with E-state index in [1.807, 2.05) is 11.3 Å². The number of thiophene rings is 1. The van der Waals surface area contributed by atoms with Crippen LogP contribution in [0.1, 0.15) is 0 Å². The molecule has 0 bridgehead atoms. The SMILES string of the molecule is c1ccc2c(-c3ccc(N(c4ccc(-c5ccc(-n6c7ccccc7c7c8ccccc8ccc76)cc5)cc4)c4ccc5c(c4)sc4ccccc45)cc3)cccc2c1. The van der Waals surface area contributed by atoms with Gasteiger partial charge in [-0.2, -0.15) is 0 Å². The number of para-hydroxylation sites is 1. The second-order valence-electron chi connectivity index (χ2n) is 15.3. The van der Waals surface area contributed by atoms with Gasteiger partial charge in [0.1, 0.15) is 0 Å². The minimum absolute atomic E-state index is 1.11. The molecule has 0 atom stereocenters. The van der Waals surface area contributed by atoms with Crippen molar-refractivity contribution in [2.45, 2.75) is 0 Å². The Balaban J connectivity index is 0.924. The monoisotopic (exact) mass is 768 g/mol. The van der Waals surface area contributed by atoms with Gasteiger partial charge in [-0.15, -0.1) is 11.3 Å². The summed E-state index contributed by atoms with van der Waals surface area (Å²) in [5, 5.41) is 10.3. The molecule has 0 fully saturated rings. The smallest absolute Gasteiger partial charge is 0.0547 e. The van der Waals surface area contributed by atoms with Gasteiger partial charge in [-0.25, -0.2) is 0 Å². The minimum Gasteiger partial charge on any atom is -0.310 e. The van der Waals surface area contributed by atoms with Crippen LogP contribution in [0.4, 0.5) is 17.1 Å². The summed E-state index contributed by atoms with van der Waals surface area (Å²) in [6.07, 6.45) is 0. The van der Waals surface area contributed by atoms with Crippen LogP contribution in [0.15, 0.2) is 218 Å². The lowest BCUT2D eigenvalue weighted by molar-refractivity contribution is 1.18. The number of benzene rings is 10. The lowest BCUT2D eigenvalue weighted by atomic mass is 9.98. The van der Waals surface area contributed by atoms with Crippen molar-refractivity contribution in [3.8, 4) is 27.9 Å². The average Bonchev–Trinajstić information content (AvgIpc) is 3.85. The van der Waals surface area contributed by atoms with Crippen molar-refractivity contribution in [2.75, 3.05) is 4.90 Å². The van der Waals surface area contributed by atoms with Crippen LogP contribution in [-0.2, 0) is 0 Å². The fourth-order valence-corrected chi connectivity index (χ4v) is 10.3. The second-order valence-corrected chi connectivity index (χ2v) is 16.4. The third kappa shape index (κ3) is 5.55. The highest BCUT2D eigenvalue weighted by Crippen LogP contribution is 2.42. The van der Waals surface area contributed by atoms with Gasteiger partial charge in [0.25, 0.3) is 0 Å². The van der Waals surface area contributed by atoms with Crippen LogP contribution < -0.4 is 4.90 Å². The Morgan fingerprint density at radius 2 is 0.898 bits per heavy atom. The van der Waals surface area contributed by atoms with Gasteiger partial charge in [0.15, 0.2) is 0 Å². The number of aromatic nitrogens is 1. The van der Waals surface area contributed by atoms with Crippen molar-refractivity contribution in [3.63, 3.8) is 0 Å². The quantitative estimate of drug-likeness (QED) is 0.164. The van der Waals surface area contributed by atoms with Crippen LogP contribution in [-0.4, -0.2) is 4.57 Å². The maximum absolute atomic E-state index is 2.40. The summed E-state index contributed by atoms with van der Waals surface area (Å²) in [4.78, 5) is 2.38. The minimum atomic E-state index is 1.11. The third-order valence-corrected chi connectivity index (χ3v) is 13.1. The van der Waals surface area contributed by atoms with E-state index in [0.717, 1.165) is 22.7 Å². The Kier molecular flexibility index (Phi) is 7.75. The van der Waals surface area contributed by atoms with E-state index in [0.29, 0.717) is 0 Å². The molecule has 2 aromatic heterocycles. The Bertz CT molecular complexity index is 3530. The zero-order valence-corrected chi connectivity index (χ0v) is 32.9. The summed E-state index contributed by atoms with van der Waals surface area (Å²) in [6, 6.07) is 79.9. The number of fused-ring (bicyclic) bond motifs is 9. The molecule has 0 saturated heterocycles. The molecule has 10 aromatic carbocycles. The second kappa shape index (κ2) is 13.6. The molecule has 12 rings (SSSR count). The van der Waals surface area contributed by atoms with E-state index in [4.69, 9.17) is 0 Å². The van der Waals surface area contributed by atoms with Crippen molar-refractivity contribution < 1.29 is 0 Å². The van der Waals surface area contributed by atoms with Crippen molar-refractivity contribution in [1.29, 1.82) is 0 Å². The number of nitrogens with zero attached hydrogens (tertiary/aromatic N) is 2. The molecule has 59 heavy (non-hydrogen) atoms. The maximum Gasteiger partial charge on any atom is 0.0547 e. The van der Waals surface area contributed by atoms with Gasteiger partial charge in [0.2, 0.25) is 0 Å². The highest BCUT2D eigenvalue weighted by atomic mass is 32.1. The predicted molar refractivity (Wildman–Crippen MR) is 254 cm³/mol. The molecule has 0 spiro atoms. The first-order chi connectivity index (χ1) is 29.2. The first kappa shape index (κ1) is 33.7. The standard InChI is InChI=1S/C56H36N2S/c1-3-13-46-39(10-1)12-9-17-47(46)41-24-31-43(32-25-41)57(45-33-34-50-49-15-6-8-19-54(49)59-55(50)36-45)42-27-20-37(21-28-42)38-22-29-44(30-23-38)58-52-18-7-5-16-51(52)56-48-14-4-2-11-40(48)26-35-53(56)58/h1-36H. The highest BCUT2D eigenvalue weighted by Gasteiger charge is 2.17. The molecule has 12 aromatic rings. The van der Waals surface area contributed by atoms with Gasteiger partial charge in [0, 0.05) is 53.7 Å². The summed E-state index contributed by atoms with van der Waals surface area (Å²) in [6.45, 7) is 0. The van der Waals surface area contributed by atoms with Crippen LogP contribution in [0.2, 0.25) is 0 Å². The van der Waals surface area contributed by atoms with Crippen molar-refractivity contribution in [2.24, 2.45) is 0 Å². The first-order valence-electron chi connectivity index (χ1n) is 20.2. The topological polar surface area (TPSA) is 8.17 Å². The summed E-state index contributed by atoms with van der Waals surface area (Å²) in [5.74, 6) is 0. The highest BCUT2D eigenvalue weighted by molar-refractivity contribution is 7.25. The van der Waals surface area contributed by atoms with Crippen LogP contribution in [0.5, 0.6) is 0 Å². The van der Waals surface area contributed by atoms with E-state index >= 15 is 0 Å². The van der Waals surface area contributed by atoms with Crippen LogP contribution >= 0.6 is 11.3 Å². The normalized spacial score (nSPS) is 11.7. The molecule has 0 radical (unpaired) electrons. The van der Waals surface area contributed by atoms with Crippen LogP contribution in [0.25, 0.3) is 91.5 Å². The van der Waals surface area contributed by atoms with E-state index in [1.54, 1.807) is 0 Å². The molecule has 2 heterocycles. The van der Waals surface area contributed by atoms with E-state index < -0.39 is 0 Å². The number of rotatable bonds is 6. The molecule has 3 heteroatoms. The zero-order chi connectivity index (χ0) is 38.9. The third-order valence-electron chi connectivity index (χ3n) is 12.0. The van der Waals surface area contributed by atoms with Gasteiger partial charge in [-0.05, 0) is 111 Å². The Morgan fingerprint density at radius 3 is 1.66 bits per heavy atom. The maximum atomic E-state index is 2.40. The largest absolute Gasteiger partial charge is 0.310 e. The molecular weight excluding hydrogens is 733 g/mol. The summed E-state index contributed by atoms with van der Waals surface area (Å²) < 4.78 is 5.00. The molecule has 276 valence electrons. The van der Waals surface area contributed by atoms with Crippen LogP contribution in [0.3, 0.4) is 0 Å². The zero-order valence-electron chi connectivity index (χ0n) is 32.1. The van der Waals surface area contributed by atoms with Gasteiger partial charge in [0.05, 0.1) is 11.0 Å². The molecule has 0 unspecified atom stereocenters. The van der Waals surface area contributed by atoms with Crippen LogP contribution in [0, 0.1) is 0 Å². The Hall–Kier alpha value is -7.46. The molecular formula is C56H36N2S. The molecule has 0 aliphatic rings. The summed E-state index contributed by atoms with van der Waals surface area (Å²) >= 11 is 1.86. The number of anilines is 3. The fourth-order valence-electron chi connectivity index (χ4n) is 9.19. The Morgan fingerprint density at radius 1 is 0.339 bits per heavy atom. The van der Waals surface area contributed by atoms with Crippen molar-refractivity contribution >= 4 is 91.9 Å². The molecule has 0 saturated carbocycles. The molecule has 0 amide bonds. The summed E-state index contributed by atoms with van der Waals surface area (Å²) in [7, 11) is 0. The van der Waals surface area contributed by atoms with Crippen molar-refractivity contribution in [3.05, 3.63) is 218 Å². The van der Waals surface area contributed by atoms with E-state index in [9.17, 15) is 0 Å². The molecule has 0 N–H and O–H groups in total. The lowest BCUT2D eigenvalue weighted by Gasteiger charge is -2.26. The van der Waals surface area contributed by atoms with Gasteiger partial charge < -0.3 is 9.47 Å². The van der Waals surface area contributed by atoms with Crippen molar-refractivity contribution in [1.82, 2.24) is 4.57 Å². The van der Waals surface area contributed by atoms with Gasteiger partial charge >= 0.3 is 0 Å². The molecule has 0 aliphatic carbocycles. The van der Waals surface area contributed by atoms with Gasteiger partial charge in [-0.3, -0.25) is 0 Å². The van der Waals surface area contributed by atoms with E-state index in [-0.39, 0.29) is 0 Å². The average molecular weight is 769 g/mol. The fraction of sp³-hybridized carbons (Fsp3) is 0. The van der Waals surface area contributed by atoms with E-state index in [1.165, 1.54) is 85.8 Å². The predicted octanol–water partition coefficient (Wildman–Crippen LogP) is 16.3. The van der Waals surface area contributed by atoms with E-state index in [2.05, 4.69) is 228 Å². The number of hydrogen-bond donors (Lipinski definition) is 0. The first-order valence-corrected chi connectivity index (χ1v) is 21.0. The summed E-state index contributed by atoms with van der Waals surface area (Å²) in [5.41, 5.74) is 11.8. The Labute approximate surface area is 346 Å². The lowest BCUT2D eigenvalue weighted by Crippen LogP contribution is -2.09. The van der Waals surface area contributed by atoms with Gasteiger partial charge in [-0.1, -0.05) is 152 Å². The molecule has 2 nitrogen and oxygen atoms in total.